The largest absolute Gasteiger partial charge is 0.316 e. The van der Waals surface area contributed by atoms with E-state index in [9.17, 15) is 9.18 Å². The van der Waals surface area contributed by atoms with Crippen LogP contribution in [0.15, 0.2) is 54.4 Å². The van der Waals surface area contributed by atoms with Gasteiger partial charge in [-0.3, -0.25) is 9.78 Å². The number of aryl methyl sites for hydroxylation is 3. The zero-order chi connectivity index (χ0) is 22.4. The van der Waals surface area contributed by atoms with Crippen LogP contribution in [-0.2, 0) is 0 Å². The minimum atomic E-state index is -0.512. The van der Waals surface area contributed by atoms with E-state index < -0.39 is 11.9 Å². The highest BCUT2D eigenvalue weighted by Gasteiger charge is 2.41. The van der Waals surface area contributed by atoms with Gasteiger partial charge in [0, 0.05) is 53.9 Å². The summed E-state index contributed by atoms with van der Waals surface area (Å²) in [4.78, 5) is 29.1. The summed E-state index contributed by atoms with van der Waals surface area (Å²) in [6.07, 6.45) is 3.66. The van der Waals surface area contributed by atoms with Crippen molar-refractivity contribution in [3.8, 4) is 11.3 Å². The quantitative estimate of drug-likeness (QED) is 0.637. The maximum absolute atomic E-state index is 14.9. The van der Waals surface area contributed by atoms with Gasteiger partial charge >= 0.3 is 0 Å². The van der Waals surface area contributed by atoms with Crippen molar-refractivity contribution in [1.82, 2.24) is 20.3 Å². The second-order valence-electron chi connectivity index (χ2n) is 8.52. The van der Waals surface area contributed by atoms with E-state index in [1.807, 2.05) is 44.0 Å². The molecule has 32 heavy (non-hydrogen) atoms. The molecule has 5 rings (SSSR count). The minimum absolute atomic E-state index is 0.154. The average molecular weight is 429 g/mol. The predicted octanol–water partition coefficient (Wildman–Crippen LogP) is 3.78. The van der Waals surface area contributed by atoms with E-state index in [1.165, 1.54) is 6.07 Å². The van der Waals surface area contributed by atoms with Crippen LogP contribution in [0.1, 0.15) is 27.3 Å². The Bertz CT molecular complexity index is 1220. The normalized spacial score (nSPS) is 19.8. The molecule has 1 N–H and O–H groups in total. The van der Waals surface area contributed by atoms with Crippen LogP contribution in [0.5, 0.6) is 0 Å². The van der Waals surface area contributed by atoms with E-state index in [1.54, 1.807) is 24.4 Å². The number of halogens is 1. The average Bonchev–Trinajstić information content (AvgIpc) is 3.34. The highest BCUT2D eigenvalue weighted by atomic mass is 19.1. The van der Waals surface area contributed by atoms with E-state index in [-0.39, 0.29) is 17.3 Å². The van der Waals surface area contributed by atoms with Gasteiger partial charge in [0.15, 0.2) is 5.78 Å². The second kappa shape index (κ2) is 7.91. The van der Waals surface area contributed by atoms with E-state index in [0.29, 0.717) is 30.3 Å². The Balaban J connectivity index is 1.49. The first-order chi connectivity index (χ1) is 15.4. The summed E-state index contributed by atoms with van der Waals surface area (Å²) in [5, 5.41) is 3.33. The van der Waals surface area contributed by atoms with Crippen LogP contribution in [0.3, 0.4) is 0 Å². The molecule has 162 valence electrons. The lowest BCUT2D eigenvalue weighted by molar-refractivity contribution is 0.0966. The molecule has 6 nitrogen and oxygen atoms in total. The molecule has 0 radical (unpaired) electrons. The van der Waals surface area contributed by atoms with Gasteiger partial charge in [-0.2, -0.15) is 0 Å². The summed E-state index contributed by atoms with van der Waals surface area (Å²) in [5.74, 6) is 0.222. The molecule has 2 aliphatic heterocycles. The zero-order valence-electron chi connectivity index (χ0n) is 18.3. The smallest absolute Gasteiger partial charge is 0.229 e. The highest BCUT2D eigenvalue weighted by molar-refractivity contribution is 6.07. The molecule has 0 amide bonds. The third-order valence-electron chi connectivity index (χ3n) is 6.03. The molecule has 0 aliphatic carbocycles. The summed E-state index contributed by atoms with van der Waals surface area (Å²) >= 11 is 0. The minimum Gasteiger partial charge on any atom is -0.316 e. The number of carbonyl (C=O) groups excluding carboxylic acids is 1. The van der Waals surface area contributed by atoms with Gasteiger partial charge in [-0.05, 0) is 50.1 Å². The molecule has 3 aromatic rings. The second-order valence-corrected chi connectivity index (χ2v) is 8.52. The van der Waals surface area contributed by atoms with Crippen molar-refractivity contribution in [1.29, 1.82) is 0 Å². The SMILES string of the molecule is Cc1ccc(-c2c(F)cccc2C(=O)C2NCC3CN(c4nc(C)cc(C)n4)C=C32)nc1. The molecule has 1 fully saturated rings. The van der Waals surface area contributed by atoms with E-state index >= 15 is 0 Å². The van der Waals surface area contributed by atoms with E-state index in [0.717, 1.165) is 22.5 Å². The number of carbonyl (C=O) groups is 1. The summed E-state index contributed by atoms with van der Waals surface area (Å²) < 4.78 is 14.9. The maximum Gasteiger partial charge on any atom is 0.229 e. The number of hydrogen-bond donors (Lipinski definition) is 1. The number of benzene rings is 1. The van der Waals surface area contributed by atoms with Crippen molar-refractivity contribution in [3.05, 3.63) is 82.7 Å². The number of rotatable bonds is 4. The predicted molar refractivity (Wildman–Crippen MR) is 121 cm³/mol. The molecule has 2 unspecified atom stereocenters. The molecule has 1 aromatic carbocycles. The number of nitrogens with zero attached hydrogens (tertiary/aromatic N) is 4. The van der Waals surface area contributed by atoms with Gasteiger partial charge < -0.3 is 10.2 Å². The van der Waals surface area contributed by atoms with Gasteiger partial charge in [0.25, 0.3) is 0 Å². The van der Waals surface area contributed by atoms with E-state index in [4.69, 9.17) is 0 Å². The van der Waals surface area contributed by atoms with Gasteiger partial charge in [0.2, 0.25) is 5.95 Å². The molecule has 2 atom stereocenters. The number of pyridine rings is 1. The molecular weight excluding hydrogens is 405 g/mol. The van der Waals surface area contributed by atoms with Crippen molar-refractivity contribution in [2.24, 2.45) is 5.92 Å². The monoisotopic (exact) mass is 429 g/mol. The lowest BCUT2D eigenvalue weighted by Crippen LogP contribution is -2.33. The van der Waals surface area contributed by atoms with Crippen molar-refractivity contribution >= 4 is 11.7 Å². The third kappa shape index (κ3) is 3.58. The number of aromatic nitrogens is 3. The first-order valence-electron chi connectivity index (χ1n) is 10.7. The van der Waals surface area contributed by atoms with Crippen LogP contribution in [0.4, 0.5) is 10.3 Å². The van der Waals surface area contributed by atoms with Crippen LogP contribution in [0.25, 0.3) is 11.3 Å². The Morgan fingerprint density at radius 3 is 2.62 bits per heavy atom. The number of hydrogen-bond acceptors (Lipinski definition) is 6. The molecule has 0 spiro atoms. The Morgan fingerprint density at radius 2 is 1.91 bits per heavy atom. The summed E-state index contributed by atoms with van der Waals surface area (Å²) in [6, 6.07) is 9.67. The number of anilines is 1. The topological polar surface area (TPSA) is 71.0 Å². The molecule has 1 saturated heterocycles. The Labute approximate surface area is 186 Å². The lowest BCUT2D eigenvalue weighted by Gasteiger charge is -2.17. The molecule has 0 saturated carbocycles. The summed E-state index contributed by atoms with van der Waals surface area (Å²) in [5.41, 5.74) is 4.81. The molecule has 4 heterocycles. The number of Topliss-reactive ketones (excluding diaryl/α,β-unsaturated/α-hetero) is 1. The Hall–Kier alpha value is -3.45. The fraction of sp³-hybridized carbons (Fsp3) is 0.280. The molecule has 2 aliphatic rings. The van der Waals surface area contributed by atoms with Gasteiger partial charge in [0.1, 0.15) is 5.82 Å². The molecule has 7 heteroatoms. The number of ketones is 1. The molecule has 0 bridgehead atoms. The summed E-state index contributed by atoms with van der Waals surface area (Å²) in [6.45, 7) is 7.20. The molecule has 2 aromatic heterocycles. The highest BCUT2D eigenvalue weighted by Crippen LogP contribution is 2.34. The van der Waals surface area contributed by atoms with Crippen molar-refractivity contribution < 1.29 is 9.18 Å². The van der Waals surface area contributed by atoms with Gasteiger partial charge in [-0.1, -0.05) is 18.2 Å². The van der Waals surface area contributed by atoms with Gasteiger partial charge in [0.05, 0.1) is 11.7 Å². The Kier molecular flexibility index (Phi) is 5.06. The third-order valence-corrected chi connectivity index (χ3v) is 6.03. The number of nitrogens with one attached hydrogen (secondary N) is 1. The van der Waals surface area contributed by atoms with E-state index in [2.05, 4.69) is 20.3 Å². The van der Waals surface area contributed by atoms with Crippen molar-refractivity contribution in [3.63, 3.8) is 0 Å². The van der Waals surface area contributed by atoms with Crippen LogP contribution < -0.4 is 10.2 Å². The van der Waals surface area contributed by atoms with Gasteiger partial charge in [-0.15, -0.1) is 0 Å². The van der Waals surface area contributed by atoms with Crippen molar-refractivity contribution in [2.75, 3.05) is 18.0 Å². The van der Waals surface area contributed by atoms with Crippen LogP contribution in [0.2, 0.25) is 0 Å². The lowest BCUT2D eigenvalue weighted by atomic mass is 9.91. The van der Waals surface area contributed by atoms with Crippen LogP contribution in [0, 0.1) is 32.5 Å². The fourth-order valence-electron chi connectivity index (χ4n) is 4.53. The van der Waals surface area contributed by atoms with Gasteiger partial charge in [-0.25, -0.2) is 14.4 Å². The van der Waals surface area contributed by atoms with Crippen LogP contribution in [-0.4, -0.2) is 39.9 Å². The first-order valence-corrected chi connectivity index (χ1v) is 10.7. The molecular formula is C25H24FN5O. The number of fused-ring (bicyclic) bond motifs is 1. The van der Waals surface area contributed by atoms with Crippen molar-refractivity contribution in [2.45, 2.75) is 26.8 Å². The standard InChI is InChI=1S/C25H24FN5O/c1-14-7-8-21(27-10-14)22-18(5-4-6-20(22)26)24(32)23-19-13-31(12-17(19)11-28-23)25-29-15(2)9-16(3)30-25/h4-10,13,17,23,28H,11-12H2,1-3H3. The Morgan fingerprint density at radius 1 is 1.12 bits per heavy atom. The van der Waals surface area contributed by atoms with Crippen LogP contribution >= 0.6 is 0 Å². The zero-order valence-corrected chi connectivity index (χ0v) is 18.3. The first kappa shape index (κ1) is 20.5. The maximum atomic E-state index is 14.9. The fourth-order valence-corrected chi connectivity index (χ4v) is 4.53. The summed E-state index contributed by atoms with van der Waals surface area (Å²) in [7, 11) is 0.